The van der Waals surface area contributed by atoms with Crippen molar-refractivity contribution < 1.29 is 9.26 Å². The number of nitrogens with one attached hydrogen (secondary N) is 2. The third-order valence-corrected chi connectivity index (χ3v) is 6.35. The van der Waals surface area contributed by atoms with E-state index in [9.17, 15) is 0 Å². The molecule has 2 N–H and O–H groups in total. The molecule has 36 heavy (non-hydrogen) atoms. The summed E-state index contributed by atoms with van der Waals surface area (Å²) < 4.78 is 11.3. The second-order valence-electron chi connectivity index (χ2n) is 9.33. The molecule has 0 aliphatic heterocycles. The summed E-state index contributed by atoms with van der Waals surface area (Å²) in [5, 5.41) is 9.45. The fraction of sp³-hybridized carbons (Fsp3) is 0.179. The highest BCUT2D eigenvalue weighted by Crippen LogP contribution is 2.27. The Kier molecular flexibility index (Phi) is 6.69. The Morgan fingerprint density at radius 1 is 1.00 bits per heavy atom. The first-order chi connectivity index (χ1) is 17.4. The molecule has 8 heteroatoms. The van der Waals surface area contributed by atoms with Gasteiger partial charge < -0.3 is 19.6 Å². The fourth-order valence-electron chi connectivity index (χ4n) is 3.45. The van der Waals surface area contributed by atoms with Crippen molar-refractivity contribution in [2.75, 3.05) is 5.32 Å². The summed E-state index contributed by atoms with van der Waals surface area (Å²) in [6.07, 6.45) is 1.69. The topological polar surface area (TPSA) is 88.9 Å². The van der Waals surface area contributed by atoms with Gasteiger partial charge in [-0.25, -0.2) is 9.97 Å². The molecule has 182 valence electrons. The van der Waals surface area contributed by atoms with Crippen LogP contribution in [-0.2, 0) is 12.0 Å². The Hall–Kier alpha value is -4.17. The molecule has 5 aromatic rings. The van der Waals surface area contributed by atoms with E-state index >= 15 is 0 Å². The number of hydrogen-bond acceptors (Lipinski definition) is 7. The van der Waals surface area contributed by atoms with Gasteiger partial charge in [-0.05, 0) is 29.3 Å². The standard InChI is InChI=1S/C28H27N5O2S/c1-28(2,3)24-15-25(33-35-24)31-21-11-9-20(10-12-21)23-17-36-27-22(29-18-30-23)13-14-26(32-27)34-16-19-7-5-4-6-8-19/h4-15,17-18H,16H2,1-3H3,(H,29,30)(H,31,33). The van der Waals surface area contributed by atoms with E-state index in [0.29, 0.717) is 18.3 Å². The Labute approximate surface area is 213 Å². The van der Waals surface area contributed by atoms with Gasteiger partial charge in [-0.3, -0.25) is 0 Å². The number of hydrogen-bond donors (Lipinski definition) is 2. The molecule has 5 rings (SSSR count). The van der Waals surface area contributed by atoms with Crippen molar-refractivity contribution in [3.05, 3.63) is 95.8 Å². The third-order valence-electron chi connectivity index (χ3n) is 5.47. The molecule has 3 aromatic heterocycles. The van der Waals surface area contributed by atoms with Crippen molar-refractivity contribution in [1.82, 2.24) is 20.1 Å². The van der Waals surface area contributed by atoms with Gasteiger partial charge >= 0.3 is 0 Å². The Balaban J connectivity index is 1.33. The number of aromatic amines is 1. The number of anilines is 2. The highest BCUT2D eigenvalue weighted by molar-refractivity contribution is 7.16. The van der Waals surface area contributed by atoms with E-state index in [4.69, 9.17) is 9.26 Å². The first-order valence-corrected chi connectivity index (χ1v) is 12.5. The van der Waals surface area contributed by atoms with E-state index in [0.717, 1.165) is 38.6 Å². The van der Waals surface area contributed by atoms with Gasteiger partial charge in [0.25, 0.3) is 0 Å². The van der Waals surface area contributed by atoms with Gasteiger partial charge in [0.1, 0.15) is 22.7 Å². The zero-order valence-electron chi connectivity index (χ0n) is 20.4. The number of pyridine rings is 1. The molecule has 0 aliphatic rings. The number of nitrogens with zero attached hydrogens (tertiary/aromatic N) is 3. The van der Waals surface area contributed by atoms with Gasteiger partial charge in [0.2, 0.25) is 5.88 Å². The summed E-state index contributed by atoms with van der Waals surface area (Å²) in [5.41, 5.74) is 4.67. The summed E-state index contributed by atoms with van der Waals surface area (Å²) >= 11 is 1.51. The lowest BCUT2D eigenvalue weighted by atomic mass is 9.93. The third kappa shape index (κ3) is 5.72. The maximum absolute atomic E-state index is 5.89. The summed E-state index contributed by atoms with van der Waals surface area (Å²) in [6.45, 7) is 6.75. The number of rotatable bonds is 6. The average Bonchev–Trinajstić information content (AvgIpc) is 3.34. The van der Waals surface area contributed by atoms with Crippen molar-refractivity contribution in [3.8, 4) is 17.1 Å². The minimum atomic E-state index is -0.0887. The number of benzene rings is 2. The van der Waals surface area contributed by atoms with Crippen molar-refractivity contribution in [2.24, 2.45) is 0 Å². The van der Waals surface area contributed by atoms with Gasteiger partial charge in [-0.1, -0.05) is 68.4 Å². The summed E-state index contributed by atoms with van der Waals surface area (Å²) in [5.74, 6) is 2.10. The van der Waals surface area contributed by atoms with Gasteiger partial charge in [0, 0.05) is 28.6 Å². The quantitative estimate of drug-likeness (QED) is 0.254. The van der Waals surface area contributed by atoms with Crippen LogP contribution in [0.15, 0.2) is 89.0 Å². The van der Waals surface area contributed by atoms with Crippen molar-refractivity contribution >= 4 is 33.2 Å². The smallest absolute Gasteiger partial charge is 0.215 e. The van der Waals surface area contributed by atoms with Crippen LogP contribution in [-0.4, -0.2) is 20.1 Å². The Morgan fingerprint density at radius 3 is 2.56 bits per heavy atom. The molecule has 0 amide bonds. The minimum absolute atomic E-state index is 0.0887. The van der Waals surface area contributed by atoms with E-state index in [2.05, 4.69) is 46.2 Å². The number of aromatic nitrogens is 4. The van der Waals surface area contributed by atoms with E-state index in [1.54, 1.807) is 6.33 Å². The average molecular weight is 498 g/mol. The fourth-order valence-corrected chi connectivity index (χ4v) is 4.27. The van der Waals surface area contributed by atoms with E-state index in [1.165, 1.54) is 11.3 Å². The zero-order valence-corrected chi connectivity index (χ0v) is 21.2. The molecule has 0 saturated heterocycles. The van der Waals surface area contributed by atoms with E-state index in [1.807, 2.05) is 78.2 Å². The summed E-state index contributed by atoms with van der Waals surface area (Å²) in [6, 6.07) is 23.8. The molecule has 0 radical (unpaired) electrons. The van der Waals surface area contributed by atoms with Crippen LogP contribution >= 0.6 is 11.3 Å². The second kappa shape index (κ2) is 10.2. The van der Waals surface area contributed by atoms with Crippen molar-refractivity contribution in [2.45, 2.75) is 32.8 Å². The molecule has 0 spiro atoms. The zero-order chi connectivity index (χ0) is 25.0. The summed E-state index contributed by atoms with van der Waals surface area (Å²) in [7, 11) is 0. The highest BCUT2D eigenvalue weighted by atomic mass is 32.1. The monoisotopic (exact) mass is 497 g/mol. The van der Waals surface area contributed by atoms with Crippen LogP contribution in [0.3, 0.4) is 0 Å². The van der Waals surface area contributed by atoms with Crippen LogP contribution in [0.4, 0.5) is 11.5 Å². The SMILES string of the molecule is CC(C)(C)c1cc(Nc2ccc(-c3csc4nc(OCc5ccccc5)ccc4nc[nH]3)cc2)no1. The molecule has 0 fully saturated rings. The van der Waals surface area contributed by atoms with E-state index < -0.39 is 0 Å². The van der Waals surface area contributed by atoms with Gasteiger partial charge in [0.15, 0.2) is 5.82 Å². The van der Waals surface area contributed by atoms with Crippen LogP contribution < -0.4 is 10.1 Å². The largest absolute Gasteiger partial charge is 0.473 e. The highest BCUT2D eigenvalue weighted by Gasteiger charge is 2.19. The lowest BCUT2D eigenvalue weighted by Crippen LogP contribution is -2.09. The van der Waals surface area contributed by atoms with Crippen LogP contribution in [0.1, 0.15) is 32.1 Å². The van der Waals surface area contributed by atoms with Crippen LogP contribution in [0.5, 0.6) is 5.88 Å². The first-order valence-electron chi connectivity index (χ1n) is 11.6. The minimum Gasteiger partial charge on any atom is -0.473 e. The van der Waals surface area contributed by atoms with Crippen LogP contribution in [0.25, 0.3) is 21.6 Å². The van der Waals surface area contributed by atoms with Gasteiger partial charge in [-0.2, -0.15) is 0 Å². The number of H-pyrrole nitrogens is 1. The number of ether oxygens (including phenoxy) is 1. The van der Waals surface area contributed by atoms with Crippen LogP contribution in [0, 0.1) is 0 Å². The molecular weight excluding hydrogens is 470 g/mol. The van der Waals surface area contributed by atoms with Crippen molar-refractivity contribution in [1.29, 1.82) is 0 Å². The molecule has 0 atom stereocenters. The predicted octanol–water partition coefficient (Wildman–Crippen LogP) is 7.42. The molecule has 0 bridgehead atoms. The normalized spacial score (nSPS) is 11.3. The summed E-state index contributed by atoms with van der Waals surface area (Å²) in [4.78, 5) is 13.3. The maximum Gasteiger partial charge on any atom is 0.215 e. The lowest BCUT2D eigenvalue weighted by molar-refractivity contribution is 0.295. The Morgan fingerprint density at radius 2 is 1.81 bits per heavy atom. The van der Waals surface area contributed by atoms with Gasteiger partial charge in [0.05, 0.1) is 12.0 Å². The molecule has 2 aromatic carbocycles. The van der Waals surface area contributed by atoms with E-state index in [-0.39, 0.29) is 5.41 Å². The number of fused-ring (bicyclic) bond motifs is 1. The van der Waals surface area contributed by atoms with Crippen molar-refractivity contribution in [3.63, 3.8) is 0 Å². The first kappa shape index (κ1) is 23.6. The maximum atomic E-state index is 5.89. The molecule has 3 heterocycles. The Bertz CT molecular complexity index is 1500. The lowest BCUT2D eigenvalue weighted by Gasteiger charge is -2.12. The second-order valence-corrected chi connectivity index (χ2v) is 10.2. The predicted molar refractivity (Wildman–Crippen MR) is 144 cm³/mol. The molecule has 0 unspecified atom stereocenters. The molecule has 0 saturated carbocycles. The van der Waals surface area contributed by atoms with Gasteiger partial charge in [-0.15, -0.1) is 11.3 Å². The molecule has 7 nitrogen and oxygen atoms in total. The molecule has 0 aliphatic carbocycles. The molecular formula is C28H27N5O2S. The van der Waals surface area contributed by atoms with Crippen LogP contribution in [0.2, 0.25) is 0 Å².